The molecule has 0 unspecified atom stereocenters. The molecule has 1 saturated carbocycles. The Balaban J connectivity index is 1.82. The molecule has 3 rings (SSSR count). The lowest BCUT2D eigenvalue weighted by molar-refractivity contribution is 0.380. The molecule has 1 aromatic carbocycles. The van der Waals surface area contributed by atoms with E-state index in [0.717, 1.165) is 28.6 Å². The largest absolute Gasteiger partial charge is 0.382 e. The summed E-state index contributed by atoms with van der Waals surface area (Å²) in [5.41, 5.74) is 8.71. The van der Waals surface area contributed by atoms with Crippen LogP contribution in [0.4, 0.5) is 10.8 Å². The van der Waals surface area contributed by atoms with Crippen molar-refractivity contribution in [1.82, 2.24) is 4.37 Å². The van der Waals surface area contributed by atoms with Crippen LogP contribution in [0.5, 0.6) is 0 Å². The second kappa shape index (κ2) is 5.09. The van der Waals surface area contributed by atoms with Gasteiger partial charge < -0.3 is 11.1 Å². The molecule has 1 fully saturated rings. The maximum atomic E-state index is 6.05. The number of aromatic nitrogens is 1. The van der Waals surface area contributed by atoms with Crippen molar-refractivity contribution in [2.45, 2.75) is 26.7 Å². The van der Waals surface area contributed by atoms with Crippen LogP contribution in [0.1, 0.15) is 26.7 Å². The average Bonchev–Trinajstić information content (AvgIpc) is 3.16. The van der Waals surface area contributed by atoms with Gasteiger partial charge in [0.1, 0.15) is 10.8 Å². The number of nitrogens with zero attached hydrogens (tertiary/aromatic N) is 1. The fraction of sp³-hybridized carbons (Fsp3) is 0.438. The van der Waals surface area contributed by atoms with Crippen molar-refractivity contribution in [3.8, 4) is 11.1 Å². The van der Waals surface area contributed by atoms with Crippen molar-refractivity contribution in [1.29, 1.82) is 0 Å². The van der Waals surface area contributed by atoms with E-state index < -0.39 is 0 Å². The molecule has 1 aliphatic rings. The highest BCUT2D eigenvalue weighted by molar-refractivity contribution is 7.11. The molecule has 0 aliphatic heterocycles. The van der Waals surface area contributed by atoms with Crippen molar-refractivity contribution in [2.75, 3.05) is 17.6 Å². The van der Waals surface area contributed by atoms with Crippen LogP contribution in [0, 0.1) is 11.3 Å². The highest BCUT2D eigenvalue weighted by Gasteiger charge is 2.45. The summed E-state index contributed by atoms with van der Waals surface area (Å²) < 4.78 is 4.32. The summed E-state index contributed by atoms with van der Waals surface area (Å²) in [6.45, 7) is 5.65. The Hall–Kier alpha value is -1.55. The Morgan fingerprint density at radius 3 is 2.60 bits per heavy atom. The molecule has 0 amide bonds. The number of hydrogen-bond acceptors (Lipinski definition) is 4. The van der Waals surface area contributed by atoms with Crippen molar-refractivity contribution in [3.05, 3.63) is 30.3 Å². The van der Waals surface area contributed by atoms with E-state index in [1.54, 1.807) is 0 Å². The molecule has 0 radical (unpaired) electrons. The second-order valence-electron chi connectivity index (χ2n) is 6.01. The molecular formula is C16H21N3S. The van der Waals surface area contributed by atoms with Crippen LogP contribution in [0.3, 0.4) is 0 Å². The van der Waals surface area contributed by atoms with E-state index in [9.17, 15) is 0 Å². The summed E-state index contributed by atoms with van der Waals surface area (Å²) in [7, 11) is 0. The smallest absolute Gasteiger partial charge is 0.147 e. The van der Waals surface area contributed by atoms with E-state index in [2.05, 4.69) is 35.7 Å². The molecule has 0 bridgehead atoms. The van der Waals surface area contributed by atoms with E-state index in [4.69, 9.17) is 5.73 Å². The Morgan fingerprint density at radius 1 is 1.30 bits per heavy atom. The minimum atomic E-state index is 0.479. The Labute approximate surface area is 124 Å². The highest BCUT2D eigenvalue weighted by Crippen LogP contribution is 2.52. The number of rotatable bonds is 5. The summed E-state index contributed by atoms with van der Waals surface area (Å²) in [6.07, 6.45) is 2.65. The molecule has 0 atom stereocenters. The molecule has 3 nitrogen and oxygen atoms in total. The quantitative estimate of drug-likeness (QED) is 0.864. The third-order valence-electron chi connectivity index (χ3n) is 4.50. The van der Waals surface area contributed by atoms with Gasteiger partial charge in [-0.15, -0.1) is 0 Å². The van der Waals surface area contributed by atoms with Gasteiger partial charge in [0, 0.05) is 6.54 Å². The zero-order chi connectivity index (χ0) is 14.2. The maximum absolute atomic E-state index is 6.05. The topological polar surface area (TPSA) is 50.9 Å². The van der Waals surface area contributed by atoms with Crippen LogP contribution in [-0.2, 0) is 0 Å². The van der Waals surface area contributed by atoms with Crippen LogP contribution in [0.25, 0.3) is 11.1 Å². The van der Waals surface area contributed by atoms with Gasteiger partial charge in [0.05, 0.1) is 5.56 Å². The van der Waals surface area contributed by atoms with E-state index >= 15 is 0 Å². The van der Waals surface area contributed by atoms with Crippen LogP contribution < -0.4 is 11.1 Å². The fourth-order valence-corrected chi connectivity index (χ4v) is 3.41. The second-order valence-corrected chi connectivity index (χ2v) is 6.78. The van der Waals surface area contributed by atoms with Crippen molar-refractivity contribution in [2.24, 2.45) is 11.3 Å². The number of hydrogen-bond donors (Lipinski definition) is 2. The van der Waals surface area contributed by atoms with Crippen LogP contribution in [-0.4, -0.2) is 10.9 Å². The third kappa shape index (κ3) is 2.40. The molecule has 0 spiro atoms. The molecule has 1 aliphatic carbocycles. The molecule has 4 heteroatoms. The lowest BCUT2D eigenvalue weighted by Crippen LogP contribution is -2.20. The molecule has 106 valence electrons. The number of nitrogen functional groups attached to an aromatic ring is 1. The lowest BCUT2D eigenvalue weighted by Gasteiger charge is -2.20. The fourth-order valence-electron chi connectivity index (χ4n) is 2.68. The zero-order valence-corrected chi connectivity index (χ0v) is 12.8. The van der Waals surface area contributed by atoms with E-state index in [1.807, 2.05) is 18.2 Å². The minimum absolute atomic E-state index is 0.479. The summed E-state index contributed by atoms with van der Waals surface area (Å²) >= 11 is 1.47. The molecule has 1 heterocycles. The van der Waals surface area contributed by atoms with Crippen molar-refractivity contribution >= 4 is 22.4 Å². The number of nitrogens with two attached hydrogens (primary N) is 1. The summed E-state index contributed by atoms with van der Waals surface area (Å²) in [5.74, 6) is 1.35. The van der Waals surface area contributed by atoms with Crippen LogP contribution in [0.2, 0.25) is 0 Å². The van der Waals surface area contributed by atoms with Crippen LogP contribution in [0.15, 0.2) is 30.3 Å². The first-order chi connectivity index (χ1) is 9.62. The summed E-state index contributed by atoms with van der Waals surface area (Å²) in [4.78, 5) is 0. The Morgan fingerprint density at radius 2 is 2.00 bits per heavy atom. The van der Waals surface area contributed by atoms with Gasteiger partial charge in [-0.25, -0.2) is 0 Å². The summed E-state index contributed by atoms with van der Waals surface area (Å²) in [5, 5.41) is 4.69. The SMILES string of the molecule is CC(C)C1(CNc2snc(N)c2-c2ccccc2)CC1. The molecule has 2 aromatic rings. The maximum Gasteiger partial charge on any atom is 0.147 e. The predicted octanol–water partition coefficient (Wildman–Crippen LogP) is 4.24. The van der Waals surface area contributed by atoms with Gasteiger partial charge in [-0.3, -0.25) is 0 Å². The van der Waals surface area contributed by atoms with Gasteiger partial charge in [-0.05, 0) is 41.3 Å². The van der Waals surface area contributed by atoms with E-state index in [0.29, 0.717) is 11.2 Å². The number of nitrogens with one attached hydrogen (secondary N) is 1. The van der Waals surface area contributed by atoms with E-state index in [1.165, 1.54) is 24.4 Å². The normalized spacial score (nSPS) is 16.4. The molecule has 0 saturated heterocycles. The zero-order valence-electron chi connectivity index (χ0n) is 12.0. The van der Waals surface area contributed by atoms with Gasteiger partial charge in [0.2, 0.25) is 0 Å². The first-order valence-corrected chi connectivity index (χ1v) is 7.94. The van der Waals surface area contributed by atoms with Gasteiger partial charge in [0.25, 0.3) is 0 Å². The lowest BCUT2D eigenvalue weighted by atomic mass is 9.92. The first kappa shape index (κ1) is 13.4. The Bertz CT molecular complexity index is 585. The van der Waals surface area contributed by atoms with Crippen LogP contribution >= 0.6 is 11.5 Å². The molecule has 20 heavy (non-hydrogen) atoms. The highest BCUT2D eigenvalue weighted by atomic mass is 32.1. The van der Waals surface area contributed by atoms with Gasteiger partial charge >= 0.3 is 0 Å². The number of benzene rings is 1. The molecule has 1 aromatic heterocycles. The predicted molar refractivity (Wildman–Crippen MR) is 87.0 cm³/mol. The van der Waals surface area contributed by atoms with Gasteiger partial charge in [0.15, 0.2) is 0 Å². The third-order valence-corrected chi connectivity index (χ3v) is 5.32. The van der Waals surface area contributed by atoms with Crippen molar-refractivity contribution < 1.29 is 0 Å². The Kier molecular flexibility index (Phi) is 3.42. The standard InChI is InChI=1S/C16H21N3S/c1-11(2)16(8-9-16)10-18-15-13(14(17)19-20-15)12-6-4-3-5-7-12/h3-7,11,18H,8-10H2,1-2H3,(H2,17,19). The average molecular weight is 287 g/mol. The first-order valence-electron chi connectivity index (χ1n) is 7.17. The molecule has 3 N–H and O–H groups in total. The van der Waals surface area contributed by atoms with Gasteiger partial charge in [-0.2, -0.15) is 4.37 Å². The molecular weight excluding hydrogens is 266 g/mol. The minimum Gasteiger partial charge on any atom is -0.382 e. The monoisotopic (exact) mass is 287 g/mol. The van der Waals surface area contributed by atoms with E-state index in [-0.39, 0.29) is 0 Å². The number of anilines is 2. The van der Waals surface area contributed by atoms with Crippen molar-refractivity contribution in [3.63, 3.8) is 0 Å². The summed E-state index contributed by atoms with van der Waals surface area (Å²) in [6, 6.07) is 10.3. The van der Waals surface area contributed by atoms with Gasteiger partial charge in [-0.1, -0.05) is 44.2 Å².